The summed E-state index contributed by atoms with van der Waals surface area (Å²) < 4.78 is 42.4. The maximum atomic E-state index is 12.8. The smallest absolute Gasteiger partial charge is 0.421 e. The minimum Gasteiger partial charge on any atom is -0.431 e. The largest absolute Gasteiger partial charge is 0.431 e. The van der Waals surface area contributed by atoms with E-state index < -0.39 is 18.5 Å². The molecule has 0 spiro atoms. The van der Waals surface area contributed by atoms with E-state index in [0.29, 0.717) is 12.0 Å². The summed E-state index contributed by atoms with van der Waals surface area (Å²) in [6, 6.07) is 3.28. The van der Waals surface area contributed by atoms with Gasteiger partial charge >= 0.3 is 6.11 Å². The van der Waals surface area contributed by atoms with Crippen molar-refractivity contribution >= 4 is 0 Å². The Labute approximate surface area is 85.3 Å². The second kappa shape index (κ2) is 4.53. The molecule has 0 radical (unpaired) electrons. The zero-order valence-electron chi connectivity index (χ0n) is 8.14. The number of aryl methyl sites for hydroxylation is 1. The Balaban J connectivity index is 2.94. The van der Waals surface area contributed by atoms with E-state index in [1.165, 1.54) is 0 Å². The molecule has 1 aromatic carbocycles. The van der Waals surface area contributed by atoms with Crippen molar-refractivity contribution in [2.24, 2.45) is 0 Å². The number of rotatable bonds is 4. The van der Waals surface area contributed by atoms with Gasteiger partial charge in [-0.1, -0.05) is 6.92 Å². The Hall–Kier alpha value is -1.23. The predicted octanol–water partition coefficient (Wildman–Crippen LogP) is 2.35. The van der Waals surface area contributed by atoms with Crippen molar-refractivity contribution in [3.63, 3.8) is 0 Å². The molecule has 1 N–H and O–H groups in total. The lowest BCUT2D eigenvalue weighted by molar-refractivity contribution is -0.201. The summed E-state index contributed by atoms with van der Waals surface area (Å²) in [4.78, 5) is 0. The second-order valence-corrected chi connectivity index (χ2v) is 3.00. The molecule has 0 aliphatic heterocycles. The normalized spacial score (nSPS) is 11.5. The van der Waals surface area contributed by atoms with Crippen LogP contribution in [0.5, 0.6) is 5.75 Å². The number of aliphatic hydroxyl groups is 1. The van der Waals surface area contributed by atoms with Gasteiger partial charge in [-0.3, -0.25) is 0 Å². The van der Waals surface area contributed by atoms with Crippen LogP contribution in [0.2, 0.25) is 0 Å². The Morgan fingerprint density at radius 1 is 1.40 bits per heavy atom. The zero-order chi connectivity index (χ0) is 11.5. The number of halogens is 3. The topological polar surface area (TPSA) is 29.5 Å². The van der Waals surface area contributed by atoms with Crippen LogP contribution in [-0.4, -0.2) is 17.8 Å². The molecule has 2 nitrogen and oxygen atoms in total. The molecule has 0 aliphatic rings. The molecule has 1 aromatic rings. The number of aliphatic hydroxyl groups excluding tert-OH is 1. The fraction of sp³-hybridized carbons (Fsp3) is 0.400. The van der Waals surface area contributed by atoms with Crippen LogP contribution in [0.15, 0.2) is 18.2 Å². The van der Waals surface area contributed by atoms with Crippen LogP contribution in [0.1, 0.15) is 12.5 Å². The van der Waals surface area contributed by atoms with Crippen molar-refractivity contribution in [3.8, 4) is 5.75 Å². The summed E-state index contributed by atoms with van der Waals surface area (Å²) in [6.07, 6.45) is -3.27. The van der Waals surface area contributed by atoms with Gasteiger partial charge in [-0.25, -0.2) is 4.39 Å². The summed E-state index contributed by atoms with van der Waals surface area (Å²) in [7, 11) is 0. The first-order valence-electron chi connectivity index (χ1n) is 4.44. The summed E-state index contributed by atoms with van der Waals surface area (Å²) in [5.74, 6) is -0.621. The summed E-state index contributed by atoms with van der Waals surface area (Å²) >= 11 is 0. The van der Waals surface area contributed by atoms with Crippen molar-refractivity contribution in [2.75, 3.05) is 6.61 Å². The van der Waals surface area contributed by atoms with Gasteiger partial charge < -0.3 is 9.84 Å². The number of benzene rings is 1. The van der Waals surface area contributed by atoms with Crippen LogP contribution in [0.4, 0.5) is 13.2 Å². The Morgan fingerprint density at radius 3 is 2.60 bits per heavy atom. The van der Waals surface area contributed by atoms with E-state index in [4.69, 9.17) is 5.11 Å². The van der Waals surface area contributed by atoms with Crippen LogP contribution in [0.25, 0.3) is 0 Å². The molecule has 84 valence electrons. The van der Waals surface area contributed by atoms with Gasteiger partial charge in [0, 0.05) is 0 Å². The third-order valence-corrected chi connectivity index (χ3v) is 1.85. The summed E-state index contributed by atoms with van der Waals surface area (Å²) in [6.45, 7) is 0.284. The van der Waals surface area contributed by atoms with Crippen molar-refractivity contribution in [2.45, 2.75) is 19.5 Å². The molecule has 0 saturated heterocycles. The highest BCUT2D eigenvalue weighted by molar-refractivity contribution is 5.34. The molecule has 0 aliphatic carbocycles. The van der Waals surface area contributed by atoms with Gasteiger partial charge in [-0.05, 0) is 30.2 Å². The molecule has 1 rings (SSSR count). The fourth-order valence-electron chi connectivity index (χ4n) is 1.12. The van der Waals surface area contributed by atoms with Crippen molar-refractivity contribution < 1.29 is 23.0 Å². The Morgan fingerprint density at radius 2 is 2.07 bits per heavy atom. The average Bonchev–Trinajstić information content (AvgIpc) is 2.20. The van der Waals surface area contributed by atoms with Gasteiger partial charge in [-0.15, -0.1) is 0 Å². The number of ether oxygens (including phenoxy) is 1. The fourth-order valence-corrected chi connectivity index (χ4v) is 1.12. The first-order chi connectivity index (χ1) is 6.98. The van der Waals surface area contributed by atoms with Crippen LogP contribution < -0.4 is 4.74 Å². The lowest BCUT2D eigenvalue weighted by Gasteiger charge is -2.17. The maximum absolute atomic E-state index is 12.8. The van der Waals surface area contributed by atoms with Crippen LogP contribution in [0, 0.1) is 5.82 Å². The van der Waals surface area contributed by atoms with E-state index >= 15 is 0 Å². The predicted molar refractivity (Wildman–Crippen MR) is 48.4 cm³/mol. The van der Waals surface area contributed by atoms with Crippen LogP contribution in [0.3, 0.4) is 0 Å². The van der Waals surface area contributed by atoms with E-state index in [0.717, 1.165) is 18.2 Å². The maximum Gasteiger partial charge on any atom is 0.421 e. The minimum absolute atomic E-state index is 0.113. The summed E-state index contributed by atoms with van der Waals surface area (Å²) in [5.41, 5.74) is 0.336. The van der Waals surface area contributed by atoms with E-state index in [1.807, 2.05) is 0 Å². The molecular formula is C10H11F3O2. The molecule has 0 atom stereocenters. The lowest BCUT2D eigenvalue weighted by atomic mass is 10.1. The van der Waals surface area contributed by atoms with E-state index in [-0.39, 0.29) is 5.75 Å². The van der Waals surface area contributed by atoms with Crippen molar-refractivity contribution in [1.82, 2.24) is 0 Å². The Kier molecular flexibility index (Phi) is 3.57. The van der Waals surface area contributed by atoms with E-state index in [2.05, 4.69) is 4.74 Å². The van der Waals surface area contributed by atoms with Gasteiger partial charge in [0.05, 0.1) is 0 Å². The van der Waals surface area contributed by atoms with Gasteiger partial charge in [-0.2, -0.15) is 8.78 Å². The molecule has 0 unspecified atom stereocenters. The van der Waals surface area contributed by atoms with Crippen molar-refractivity contribution in [3.05, 3.63) is 29.6 Å². The third kappa shape index (κ3) is 3.13. The lowest BCUT2D eigenvalue weighted by Crippen LogP contribution is -2.29. The highest BCUT2D eigenvalue weighted by Crippen LogP contribution is 2.26. The van der Waals surface area contributed by atoms with Gasteiger partial charge in [0.25, 0.3) is 0 Å². The molecule has 0 amide bonds. The number of hydrogen-bond donors (Lipinski definition) is 1. The number of hydrogen-bond acceptors (Lipinski definition) is 2. The van der Waals surface area contributed by atoms with E-state index in [9.17, 15) is 13.2 Å². The molecule has 15 heavy (non-hydrogen) atoms. The van der Waals surface area contributed by atoms with Crippen LogP contribution in [-0.2, 0) is 6.42 Å². The molecule has 0 saturated carbocycles. The minimum atomic E-state index is -3.64. The Bertz CT molecular complexity index is 339. The zero-order valence-corrected chi connectivity index (χ0v) is 8.14. The monoisotopic (exact) mass is 220 g/mol. The summed E-state index contributed by atoms with van der Waals surface area (Å²) in [5, 5.41) is 8.32. The van der Waals surface area contributed by atoms with Gasteiger partial charge in [0.15, 0.2) is 0 Å². The van der Waals surface area contributed by atoms with Gasteiger partial charge in [0.2, 0.25) is 0 Å². The highest BCUT2D eigenvalue weighted by Gasteiger charge is 2.31. The highest BCUT2D eigenvalue weighted by atomic mass is 19.3. The standard InChI is InChI=1S/C10H11F3O2/c1-2-7-5-8(11)3-4-9(7)15-10(12,13)6-14/h3-5,14H,2,6H2,1H3. The first-order valence-corrected chi connectivity index (χ1v) is 4.44. The van der Waals surface area contributed by atoms with Crippen LogP contribution >= 0.6 is 0 Å². The second-order valence-electron chi connectivity index (χ2n) is 3.00. The molecule has 0 fully saturated rings. The average molecular weight is 220 g/mol. The molecular weight excluding hydrogens is 209 g/mol. The molecule has 5 heteroatoms. The quantitative estimate of drug-likeness (QED) is 0.843. The SMILES string of the molecule is CCc1cc(F)ccc1OC(F)(F)CO. The third-order valence-electron chi connectivity index (χ3n) is 1.85. The molecule has 0 bridgehead atoms. The molecule has 0 heterocycles. The van der Waals surface area contributed by atoms with Gasteiger partial charge in [0.1, 0.15) is 18.2 Å². The number of alkyl halides is 2. The first kappa shape index (κ1) is 11.8. The molecule has 0 aromatic heterocycles. The van der Waals surface area contributed by atoms with Crippen molar-refractivity contribution in [1.29, 1.82) is 0 Å². The van der Waals surface area contributed by atoms with E-state index in [1.54, 1.807) is 6.92 Å².